The Labute approximate surface area is 113 Å². The molecule has 1 aromatic rings. The third kappa shape index (κ3) is 3.47. The molecule has 1 aromatic carbocycles. The summed E-state index contributed by atoms with van der Waals surface area (Å²) in [4.78, 5) is 4.59. The van der Waals surface area contributed by atoms with Crippen LogP contribution in [-0.4, -0.2) is 25.5 Å². The molecule has 1 aliphatic rings. The molecule has 0 bridgehead atoms. The molecule has 18 heavy (non-hydrogen) atoms. The standard InChI is InChI=1S/C14H19ClN2O/c1-2-18-13(11-5-7-12(15)8-6-11)14-16-9-3-4-10-17-14/h5-8,13H,2-4,9-10H2,1H3,(H,16,17)/t13-/m0/s1. The van der Waals surface area contributed by atoms with Crippen molar-refractivity contribution in [3.05, 3.63) is 34.9 Å². The molecule has 1 atom stereocenters. The molecule has 0 saturated heterocycles. The van der Waals surface area contributed by atoms with Crippen LogP contribution in [0.5, 0.6) is 0 Å². The molecule has 3 nitrogen and oxygen atoms in total. The second-order valence-electron chi connectivity index (χ2n) is 4.29. The lowest BCUT2D eigenvalue weighted by molar-refractivity contribution is 0.108. The first-order valence-corrected chi connectivity index (χ1v) is 6.84. The Morgan fingerprint density at radius 1 is 1.33 bits per heavy atom. The molecule has 0 radical (unpaired) electrons. The second kappa shape index (κ2) is 6.76. The van der Waals surface area contributed by atoms with Crippen molar-refractivity contribution in [2.75, 3.05) is 19.7 Å². The van der Waals surface area contributed by atoms with Crippen LogP contribution in [0, 0.1) is 0 Å². The average molecular weight is 267 g/mol. The number of halogens is 1. The molecule has 1 heterocycles. The van der Waals surface area contributed by atoms with E-state index in [2.05, 4.69) is 10.3 Å². The van der Waals surface area contributed by atoms with Gasteiger partial charge in [-0.1, -0.05) is 23.7 Å². The molecule has 98 valence electrons. The monoisotopic (exact) mass is 266 g/mol. The van der Waals surface area contributed by atoms with E-state index >= 15 is 0 Å². The highest BCUT2D eigenvalue weighted by Crippen LogP contribution is 2.21. The Morgan fingerprint density at radius 3 is 2.83 bits per heavy atom. The molecule has 0 fully saturated rings. The third-order valence-corrected chi connectivity index (χ3v) is 3.18. The number of nitrogens with one attached hydrogen (secondary N) is 1. The predicted molar refractivity (Wildman–Crippen MR) is 75.4 cm³/mol. The summed E-state index contributed by atoms with van der Waals surface area (Å²) in [7, 11) is 0. The first-order chi connectivity index (χ1) is 8.81. The highest BCUT2D eigenvalue weighted by atomic mass is 35.5. The summed E-state index contributed by atoms with van der Waals surface area (Å²) in [5, 5.41) is 4.11. The summed E-state index contributed by atoms with van der Waals surface area (Å²) in [6, 6.07) is 7.77. The minimum Gasteiger partial charge on any atom is -0.371 e. The van der Waals surface area contributed by atoms with Crippen LogP contribution in [0.3, 0.4) is 0 Å². The molecule has 1 N–H and O–H groups in total. The highest BCUT2D eigenvalue weighted by molar-refractivity contribution is 6.30. The Kier molecular flexibility index (Phi) is 5.02. The van der Waals surface area contributed by atoms with Crippen LogP contribution in [0.4, 0.5) is 0 Å². The summed E-state index contributed by atoms with van der Waals surface area (Å²) >= 11 is 5.92. The van der Waals surface area contributed by atoms with E-state index in [1.54, 1.807) is 0 Å². The van der Waals surface area contributed by atoms with Crippen molar-refractivity contribution in [3.63, 3.8) is 0 Å². The van der Waals surface area contributed by atoms with Crippen LogP contribution in [0.1, 0.15) is 31.4 Å². The lowest BCUT2D eigenvalue weighted by Gasteiger charge is -2.20. The first-order valence-electron chi connectivity index (χ1n) is 6.46. The Balaban J connectivity index is 2.21. The molecular weight excluding hydrogens is 248 g/mol. The van der Waals surface area contributed by atoms with Crippen LogP contribution >= 0.6 is 11.6 Å². The fraction of sp³-hybridized carbons (Fsp3) is 0.500. The quantitative estimate of drug-likeness (QED) is 0.908. The maximum atomic E-state index is 5.92. The van der Waals surface area contributed by atoms with Crippen molar-refractivity contribution in [1.29, 1.82) is 0 Å². The summed E-state index contributed by atoms with van der Waals surface area (Å²) in [5.74, 6) is 0.941. The van der Waals surface area contributed by atoms with Gasteiger partial charge in [0.15, 0.2) is 0 Å². The Bertz CT molecular complexity index is 403. The summed E-state index contributed by atoms with van der Waals surface area (Å²) in [6.07, 6.45) is 2.19. The molecule has 0 unspecified atom stereocenters. The number of aliphatic imine (C=N–C) groups is 1. The lowest BCUT2D eigenvalue weighted by Crippen LogP contribution is -2.31. The molecular formula is C14H19ClN2O. The highest BCUT2D eigenvalue weighted by Gasteiger charge is 2.19. The molecule has 2 rings (SSSR count). The van der Waals surface area contributed by atoms with Gasteiger partial charge in [0.25, 0.3) is 0 Å². The molecule has 0 spiro atoms. The minimum absolute atomic E-state index is 0.106. The van der Waals surface area contributed by atoms with Crippen LogP contribution in [0.2, 0.25) is 5.02 Å². The molecule has 0 aromatic heterocycles. The molecule has 4 heteroatoms. The molecule has 0 amide bonds. The number of hydrogen-bond donors (Lipinski definition) is 1. The maximum absolute atomic E-state index is 5.92. The van der Waals surface area contributed by atoms with Gasteiger partial charge in [-0.2, -0.15) is 0 Å². The van der Waals surface area contributed by atoms with Crippen molar-refractivity contribution < 1.29 is 4.74 Å². The smallest absolute Gasteiger partial charge is 0.139 e. The summed E-state index contributed by atoms with van der Waals surface area (Å²) < 4.78 is 5.83. The van der Waals surface area contributed by atoms with E-state index in [1.165, 1.54) is 0 Å². The fourth-order valence-corrected chi connectivity index (χ4v) is 2.15. The molecule has 1 aliphatic heterocycles. The van der Waals surface area contributed by atoms with Crippen LogP contribution in [-0.2, 0) is 4.74 Å². The van der Waals surface area contributed by atoms with E-state index < -0.39 is 0 Å². The number of hydrogen-bond acceptors (Lipinski definition) is 3. The minimum atomic E-state index is -0.106. The SMILES string of the molecule is CCO[C@H](C1=NCCCCN1)c1ccc(Cl)cc1. The number of ether oxygens (including phenoxy) is 1. The van der Waals surface area contributed by atoms with Gasteiger partial charge >= 0.3 is 0 Å². The Hall–Kier alpha value is -1.06. The summed E-state index contributed by atoms with van der Waals surface area (Å²) in [5.41, 5.74) is 1.09. The van der Waals surface area contributed by atoms with Crippen molar-refractivity contribution in [2.24, 2.45) is 4.99 Å². The molecule has 0 aliphatic carbocycles. The topological polar surface area (TPSA) is 33.6 Å². The van der Waals surface area contributed by atoms with Crippen molar-refractivity contribution in [2.45, 2.75) is 25.9 Å². The second-order valence-corrected chi connectivity index (χ2v) is 4.72. The van der Waals surface area contributed by atoms with Gasteiger partial charge in [0.2, 0.25) is 0 Å². The van der Waals surface area contributed by atoms with Gasteiger partial charge in [-0.15, -0.1) is 0 Å². The normalized spacial score (nSPS) is 17.6. The van der Waals surface area contributed by atoms with Gasteiger partial charge < -0.3 is 10.1 Å². The van der Waals surface area contributed by atoms with Crippen LogP contribution in [0.15, 0.2) is 29.3 Å². The van der Waals surface area contributed by atoms with Gasteiger partial charge in [0.05, 0.1) is 0 Å². The Morgan fingerprint density at radius 2 is 2.11 bits per heavy atom. The number of rotatable bonds is 4. The van der Waals surface area contributed by atoms with E-state index in [0.717, 1.165) is 42.4 Å². The van der Waals surface area contributed by atoms with Crippen molar-refractivity contribution in [3.8, 4) is 0 Å². The average Bonchev–Trinajstić information content (AvgIpc) is 2.66. The van der Waals surface area contributed by atoms with E-state index in [9.17, 15) is 0 Å². The number of nitrogens with zero attached hydrogens (tertiary/aromatic N) is 1. The zero-order valence-electron chi connectivity index (χ0n) is 10.7. The van der Waals surface area contributed by atoms with E-state index in [4.69, 9.17) is 16.3 Å². The van der Waals surface area contributed by atoms with Crippen molar-refractivity contribution in [1.82, 2.24) is 5.32 Å². The van der Waals surface area contributed by atoms with Gasteiger partial charge in [0.1, 0.15) is 11.9 Å². The zero-order chi connectivity index (χ0) is 12.8. The third-order valence-electron chi connectivity index (χ3n) is 2.93. The number of benzene rings is 1. The number of amidine groups is 1. The van der Waals surface area contributed by atoms with Crippen molar-refractivity contribution >= 4 is 17.4 Å². The zero-order valence-corrected chi connectivity index (χ0v) is 11.4. The maximum Gasteiger partial charge on any atom is 0.139 e. The van der Waals surface area contributed by atoms with Gasteiger partial charge in [-0.25, -0.2) is 0 Å². The van der Waals surface area contributed by atoms with E-state index in [0.29, 0.717) is 6.61 Å². The van der Waals surface area contributed by atoms with Gasteiger partial charge in [-0.05, 0) is 37.5 Å². The summed E-state index contributed by atoms with van der Waals surface area (Å²) in [6.45, 7) is 4.50. The van der Waals surface area contributed by atoms with E-state index in [1.807, 2.05) is 31.2 Å². The van der Waals surface area contributed by atoms with E-state index in [-0.39, 0.29) is 6.10 Å². The van der Waals surface area contributed by atoms with Gasteiger partial charge in [-0.3, -0.25) is 4.99 Å². The van der Waals surface area contributed by atoms with Crippen LogP contribution < -0.4 is 5.32 Å². The largest absolute Gasteiger partial charge is 0.371 e. The predicted octanol–water partition coefficient (Wildman–Crippen LogP) is 3.20. The first kappa shape index (κ1) is 13.4. The molecule has 0 saturated carbocycles. The fourth-order valence-electron chi connectivity index (χ4n) is 2.02. The van der Waals surface area contributed by atoms with Gasteiger partial charge in [0, 0.05) is 24.7 Å². The lowest BCUT2D eigenvalue weighted by atomic mass is 10.1. The van der Waals surface area contributed by atoms with Crippen LogP contribution in [0.25, 0.3) is 0 Å².